The third-order valence-corrected chi connectivity index (χ3v) is 3.59. The van der Waals surface area contributed by atoms with Crippen LogP contribution in [-0.2, 0) is 0 Å². The third-order valence-electron chi connectivity index (χ3n) is 2.36. The van der Waals surface area contributed by atoms with Gasteiger partial charge in [0, 0.05) is 6.54 Å². The average Bonchev–Trinajstić information content (AvgIpc) is 2.80. The van der Waals surface area contributed by atoms with E-state index in [1.165, 1.54) is 24.1 Å². The molecule has 0 bridgehead atoms. The molecule has 5 heteroatoms. The van der Waals surface area contributed by atoms with Gasteiger partial charge in [0.05, 0.1) is 12.4 Å². The molecule has 0 aromatic carbocycles. The number of aromatic nitrogens is 2. The van der Waals surface area contributed by atoms with E-state index in [1.54, 1.807) is 6.20 Å². The van der Waals surface area contributed by atoms with Crippen LogP contribution in [0.2, 0.25) is 0 Å². The van der Waals surface area contributed by atoms with E-state index in [9.17, 15) is 0 Å². The van der Waals surface area contributed by atoms with E-state index in [1.807, 2.05) is 17.8 Å². The van der Waals surface area contributed by atoms with Crippen LogP contribution in [0.1, 0.15) is 12.1 Å². The maximum Gasteiger partial charge on any atom is 0.158 e. The molecule has 1 saturated heterocycles. The summed E-state index contributed by atoms with van der Waals surface area (Å²) in [5.74, 6) is 4.00. The highest BCUT2D eigenvalue weighted by Gasteiger charge is 2.14. The Kier molecular flexibility index (Phi) is 3.41. The second kappa shape index (κ2) is 4.99. The fraction of sp³-hybridized carbons (Fsp3) is 0.500. The van der Waals surface area contributed by atoms with Gasteiger partial charge in [0.2, 0.25) is 0 Å². The highest BCUT2D eigenvalue weighted by Crippen LogP contribution is 2.23. The molecule has 0 spiro atoms. The van der Waals surface area contributed by atoms with E-state index in [4.69, 9.17) is 5.26 Å². The predicted molar refractivity (Wildman–Crippen MR) is 60.7 cm³/mol. The number of thioether (sulfide) groups is 1. The molecule has 2 heterocycles. The van der Waals surface area contributed by atoms with Crippen LogP contribution in [0.15, 0.2) is 12.4 Å². The van der Waals surface area contributed by atoms with Gasteiger partial charge in [-0.3, -0.25) is 0 Å². The Morgan fingerprint density at radius 2 is 2.47 bits per heavy atom. The van der Waals surface area contributed by atoms with Crippen molar-refractivity contribution in [3.63, 3.8) is 0 Å². The summed E-state index contributed by atoms with van der Waals surface area (Å²) in [6.45, 7) is 0.952. The van der Waals surface area contributed by atoms with Crippen LogP contribution in [0.4, 0.5) is 5.82 Å². The van der Waals surface area contributed by atoms with Gasteiger partial charge in [0.1, 0.15) is 11.9 Å². The van der Waals surface area contributed by atoms with Crippen LogP contribution in [0.3, 0.4) is 0 Å². The topological polar surface area (TPSA) is 61.6 Å². The predicted octanol–water partition coefficient (Wildman–Crippen LogP) is 1.51. The minimum atomic E-state index is 0.358. The summed E-state index contributed by atoms with van der Waals surface area (Å²) < 4.78 is 0. The monoisotopic (exact) mass is 220 g/mol. The van der Waals surface area contributed by atoms with E-state index in [-0.39, 0.29) is 0 Å². The summed E-state index contributed by atoms with van der Waals surface area (Å²) in [5, 5.41) is 11.8. The lowest BCUT2D eigenvalue weighted by atomic mass is 10.1. The summed E-state index contributed by atoms with van der Waals surface area (Å²) in [5.41, 5.74) is 0.358. The van der Waals surface area contributed by atoms with Gasteiger partial charge in [0.25, 0.3) is 0 Å². The molecule has 1 aromatic heterocycles. The van der Waals surface area contributed by atoms with Crippen molar-refractivity contribution in [1.82, 2.24) is 9.97 Å². The molecular weight excluding hydrogens is 208 g/mol. The first-order valence-corrected chi connectivity index (χ1v) is 6.07. The number of anilines is 1. The summed E-state index contributed by atoms with van der Waals surface area (Å²) in [4.78, 5) is 8.06. The second-order valence-electron chi connectivity index (χ2n) is 3.51. The summed E-state index contributed by atoms with van der Waals surface area (Å²) in [6, 6.07) is 1.95. The molecule has 0 aliphatic carbocycles. The lowest BCUT2D eigenvalue weighted by Crippen LogP contribution is -2.14. The Bertz CT molecular complexity index is 351. The molecule has 1 N–H and O–H groups in total. The van der Waals surface area contributed by atoms with Gasteiger partial charge in [-0.05, 0) is 23.8 Å². The molecule has 1 aromatic rings. The van der Waals surface area contributed by atoms with Gasteiger partial charge in [-0.1, -0.05) is 0 Å². The van der Waals surface area contributed by atoms with E-state index in [0.717, 1.165) is 18.3 Å². The largest absolute Gasteiger partial charge is 0.368 e. The molecule has 0 amide bonds. The minimum Gasteiger partial charge on any atom is -0.368 e. The molecule has 1 aliphatic heterocycles. The molecule has 0 radical (unpaired) electrons. The molecule has 2 rings (SSSR count). The first-order valence-electron chi connectivity index (χ1n) is 4.92. The molecule has 1 unspecified atom stereocenters. The van der Waals surface area contributed by atoms with Crippen molar-refractivity contribution >= 4 is 17.6 Å². The van der Waals surface area contributed by atoms with Crippen molar-refractivity contribution < 1.29 is 0 Å². The smallest absolute Gasteiger partial charge is 0.158 e. The number of nitrogens with one attached hydrogen (secondary N) is 1. The van der Waals surface area contributed by atoms with Gasteiger partial charge in [-0.15, -0.1) is 0 Å². The Labute approximate surface area is 93.1 Å². The Morgan fingerprint density at radius 3 is 3.07 bits per heavy atom. The van der Waals surface area contributed by atoms with Crippen LogP contribution in [-0.4, -0.2) is 28.0 Å². The second-order valence-corrected chi connectivity index (χ2v) is 4.66. The number of nitriles is 1. The SMILES string of the molecule is N#Cc1cnc(NCC2CCSC2)cn1. The van der Waals surface area contributed by atoms with E-state index in [0.29, 0.717) is 5.69 Å². The van der Waals surface area contributed by atoms with Gasteiger partial charge in [-0.25, -0.2) is 9.97 Å². The van der Waals surface area contributed by atoms with Crippen molar-refractivity contribution in [2.24, 2.45) is 5.92 Å². The van der Waals surface area contributed by atoms with Crippen LogP contribution in [0.5, 0.6) is 0 Å². The summed E-state index contributed by atoms with van der Waals surface area (Å²) in [6.07, 6.45) is 4.38. The van der Waals surface area contributed by atoms with Crippen LogP contribution in [0.25, 0.3) is 0 Å². The van der Waals surface area contributed by atoms with E-state index in [2.05, 4.69) is 15.3 Å². The quantitative estimate of drug-likeness (QED) is 0.836. The zero-order chi connectivity index (χ0) is 10.5. The molecule has 15 heavy (non-hydrogen) atoms. The van der Waals surface area contributed by atoms with Gasteiger partial charge in [-0.2, -0.15) is 17.0 Å². The molecule has 1 fully saturated rings. The van der Waals surface area contributed by atoms with Crippen molar-refractivity contribution in [3.8, 4) is 6.07 Å². The highest BCUT2D eigenvalue weighted by atomic mass is 32.2. The molecule has 1 aliphatic rings. The maximum atomic E-state index is 8.56. The van der Waals surface area contributed by atoms with Gasteiger partial charge in [0.15, 0.2) is 5.69 Å². The molecular formula is C10H12N4S. The van der Waals surface area contributed by atoms with E-state index >= 15 is 0 Å². The van der Waals surface area contributed by atoms with Crippen molar-refractivity contribution in [2.75, 3.05) is 23.4 Å². The summed E-state index contributed by atoms with van der Waals surface area (Å²) in [7, 11) is 0. The normalized spacial score (nSPS) is 19.8. The fourth-order valence-corrected chi connectivity index (χ4v) is 2.75. The Balaban J connectivity index is 1.85. The lowest BCUT2D eigenvalue weighted by Gasteiger charge is -2.09. The standard InChI is InChI=1S/C10H12N4S/c11-3-9-5-14-10(6-12-9)13-4-8-1-2-15-7-8/h5-6,8H,1-2,4,7H2,(H,13,14). The zero-order valence-electron chi connectivity index (χ0n) is 8.31. The van der Waals surface area contributed by atoms with Gasteiger partial charge < -0.3 is 5.32 Å². The average molecular weight is 220 g/mol. The van der Waals surface area contributed by atoms with Crippen molar-refractivity contribution in [1.29, 1.82) is 5.26 Å². The van der Waals surface area contributed by atoms with Gasteiger partial charge >= 0.3 is 0 Å². The number of rotatable bonds is 3. The molecule has 1 atom stereocenters. The first kappa shape index (κ1) is 10.2. The number of hydrogen-bond donors (Lipinski definition) is 1. The maximum absolute atomic E-state index is 8.56. The van der Waals surface area contributed by atoms with Crippen LogP contribution in [0, 0.1) is 17.2 Å². The summed E-state index contributed by atoms with van der Waals surface area (Å²) >= 11 is 2.00. The third kappa shape index (κ3) is 2.83. The van der Waals surface area contributed by atoms with E-state index < -0.39 is 0 Å². The molecule has 78 valence electrons. The Morgan fingerprint density at radius 1 is 1.53 bits per heavy atom. The number of hydrogen-bond acceptors (Lipinski definition) is 5. The molecule has 4 nitrogen and oxygen atoms in total. The zero-order valence-corrected chi connectivity index (χ0v) is 9.13. The highest BCUT2D eigenvalue weighted by molar-refractivity contribution is 7.99. The van der Waals surface area contributed by atoms with Crippen LogP contribution >= 0.6 is 11.8 Å². The van der Waals surface area contributed by atoms with Crippen molar-refractivity contribution in [2.45, 2.75) is 6.42 Å². The minimum absolute atomic E-state index is 0.358. The van der Waals surface area contributed by atoms with Crippen LogP contribution < -0.4 is 5.32 Å². The van der Waals surface area contributed by atoms with Crippen molar-refractivity contribution in [3.05, 3.63) is 18.1 Å². The first-order chi connectivity index (χ1) is 7.38. The molecule has 0 saturated carbocycles. The lowest BCUT2D eigenvalue weighted by molar-refractivity contribution is 0.630. The fourth-order valence-electron chi connectivity index (χ4n) is 1.47. The number of nitrogens with zero attached hydrogens (tertiary/aromatic N) is 3. The Hall–Kier alpha value is -1.28.